The molecule has 0 bridgehead atoms. The van der Waals surface area contributed by atoms with Gasteiger partial charge in [-0.15, -0.1) is 0 Å². The van der Waals surface area contributed by atoms with Crippen LogP contribution in [0.25, 0.3) is 0 Å². The summed E-state index contributed by atoms with van der Waals surface area (Å²) >= 11 is 0. The van der Waals surface area contributed by atoms with Gasteiger partial charge in [-0.05, 0) is 39.0 Å². The van der Waals surface area contributed by atoms with Crippen molar-refractivity contribution >= 4 is 11.9 Å². The van der Waals surface area contributed by atoms with E-state index in [0.717, 1.165) is 37.5 Å². The van der Waals surface area contributed by atoms with E-state index in [9.17, 15) is 9.59 Å². The highest BCUT2D eigenvalue weighted by molar-refractivity contribution is 5.75. The lowest BCUT2D eigenvalue weighted by atomic mass is 9.89. The van der Waals surface area contributed by atoms with E-state index in [0.29, 0.717) is 0 Å². The normalized spacial score (nSPS) is 12.2. The Morgan fingerprint density at radius 2 is 1.21 bits per heavy atom. The van der Waals surface area contributed by atoms with E-state index < -0.39 is 0 Å². The first-order valence-electron chi connectivity index (χ1n) is 12.0. The van der Waals surface area contributed by atoms with Crippen LogP contribution in [0.2, 0.25) is 0 Å². The fourth-order valence-corrected chi connectivity index (χ4v) is 1.66. The highest BCUT2D eigenvalue weighted by Gasteiger charge is 2.25. The van der Waals surface area contributed by atoms with Crippen LogP contribution in [0.4, 0.5) is 0 Å². The molecule has 2 atom stereocenters. The predicted octanol–water partition coefficient (Wildman–Crippen LogP) is 7.06. The number of carbonyl (C=O) groups excluding carboxylic acids is 2. The highest BCUT2D eigenvalue weighted by Crippen LogP contribution is 2.28. The lowest BCUT2D eigenvalue weighted by Crippen LogP contribution is -2.24. The van der Waals surface area contributed by atoms with Gasteiger partial charge < -0.3 is 18.9 Å². The molecule has 0 fully saturated rings. The van der Waals surface area contributed by atoms with Crippen molar-refractivity contribution in [3.8, 4) is 0 Å². The van der Waals surface area contributed by atoms with Crippen molar-refractivity contribution in [2.75, 3.05) is 35.0 Å². The van der Waals surface area contributed by atoms with Gasteiger partial charge in [0.15, 0.2) is 0 Å². The molecule has 0 aliphatic rings. The second-order valence-corrected chi connectivity index (χ2v) is 9.39. The molecule has 0 spiro atoms. The summed E-state index contributed by atoms with van der Waals surface area (Å²) in [4.78, 5) is 21.4. The summed E-state index contributed by atoms with van der Waals surface area (Å²) in [6, 6.07) is 0. The molecule has 200 valence electrons. The number of carbonyl (C=O) groups is 2. The Bertz CT molecular complexity index is 469. The topological polar surface area (TPSA) is 71.1 Å². The van der Waals surface area contributed by atoms with Gasteiger partial charge in [-0.3, -0.25) is 9.59 Å². The largest absolute Gasteiger partial charge is 0.501 e. The molecule has 0 aromatic heterocycles. The molecule has 0 N–H and O–H groups in total. The van der Waals surface area contributed by atoms with Crippen molar-refractivity contribution < 1.29 is 28.5 Å². The smallest absolute Gasteiger partial charge is 0.311 e. The average Bonchev–Trinajstić information content (AvgIpc) is 2.82. The first-order chi connectivity index (χ1) is 15.1. The highest BCUT2D eigenvalue weighted by atomic mass is 16.5. The number of allylic oxidation sites excluding steroid dienone is 1. The Morgan fingerprint density at radius 3 is 1.33 bits per heavy atom. The molecule has 33 heavy (non-hydrogen) atoms. The van der Waals surface area contributed by atoms with E-state index in [1.54, 1.807) is 14.2 Å². The average molecular weight is 477 g/mol. The molecule has 0 saturated heterocycles. The summed E-state index contributed by atoms with van der Waals surface area (Å²) in [5, 5.41) is 0. The molecule has 0 aromatic rings. The minimum atomic E-state index is -0.311. The predicted molar refractivity (Wildman–Crippen MR) is 139 cm³/mol. The van der Waals surface area contributed by atoms with Crippen LogP contribution in [0, 0.1) is 22.7 Å². The minimum absolute atomic E-state index is 0.0556. The fourth-order valence-electron chi connectivity index (χ4n) is 1.66. The summed E-state index contributed by atoms with van der Waals surface area (Å²) in [7, 11) is 6.24. The number of esters is 2. The number of methoxy groups -OCH3 is 4. The zero-order chi connectivity index (χ0) is 27.3. The number of hydrogen-bond acceptors (Lipinski definition) is 6. The molecule has 0 radical (unpaired) electrons. The SMILES string of the molecule is C=C(OC)C(C)(C)CC.CCC(C)(C)C(=O)OC.CCC(C)C(=O)OC.CCC(C)COC. The zero-order valence-corrected chi connectivity index (χ0v) is 24.3. The summed E-state index contributed by atoms with van der Waals surface area (Å²) in [5.74, 6) is 1.40. The van der Waals surface area contributed by atoms with E-state index in [2.05, 4.69) is 50.7 Å². The lowest BCUT2D eigenvalue weighted by Gasteiger charge is -2.23. The van der Waals surface area contributed by atoms with Gasteiger partial charge in [0.25, 0.3) is 0 Å². The van der Waals surface area contributed by atoms with E-state index in [1.807, 2.05) is 34.6 Å². The van der Waals surface area contributed by atoms with Gasteiger partial charge in [-0.2, -0.15) is 0 Å². The van der Waals surface area contributed by atoms with Gasteiger partial charge >= 0.3 is 11.9 Å². The monoisotopic (exact) mass is 476 g/mol. The first-order valence-corrected chi connectivity index (χ1v) is 12.0. The van der Waals surface area contributed by atoms with Crippen LogP contribution in [0.3, 0.4) is 0 Å². The van der Waals surface area contributed by atoms with Gasteiger partial charge in [0.05, 0.1) is 38.4 Å². The molecule has 0 aliphatic heterocycles. The maximum Gasteiger partial charge on any atom is 0.311 e. The third-order valence-corrected chi connectivity index (χ3v) is 5.87. The maximum absolute atomic E-state index is 10.8. The summed E-state index contributed by atoms with van der Waals surface area (Å²) < 4.78 is 18.9. The van der Waals surface area contributed by atoms with Gasteiger partial charge in [-0.1, -0.05) is 68.4 Å². The molecule has 0 rings (SSSR count). The third-order valence-electron chi connectivity index (χ3n) is 5.87. The van der Waals surface area contributed by atoms with Crippen LogP contribution in [0.1, 0.15) is 94.9 Å². The number of ether oxygens (including phenoxy) is 4. The Balaban J connectivity index is -0.000000171. The third kappa shape index (κ3) is 22.0. The summed E-state index contributed by atoms with van der Waals surface area (Å²) in [5.41, 5.74) is -0.177. The van der Waals surface area contributed by atoms with Crippen LogP contribution in [0.15, 0.2) is 12.3 Å². The van der Waals surface area contributed by atoms with E-state index in [-0.39, 0.29) is 28.7 Å². The van der Waals surface area contributed by atoms with Gasteiger partial charge in [-0.25, -0.2) is 0 Å². The number of hydrogen-bond donors (Lipinski definition) is 0. The maximum atomic E-state index is 10.8. The van der Waals surface area contributed by atoms with Crippen molar-refractivity contribution in [3.63, 3.8) is 0 Å². The molecule has 0 saturated carbocycles. The first kappa shape index (κ1) is 38.7. The Kier molecular flexibility index (Phi) is 26.1. The van der Waals surface area contributed by atoms with E-state index in [1.165, 1.54) is 20.6 Å². The molecule has 6 nitrogen and oxygen atoms in total. The molecule has 0 amide bonds. The van der Waals surface area contributed by atoms with Crippen LogP contribution < -0.4 is 0 Å². The van der Waals surface area contributed by atoms with Crippen molar-refractivity contribution in [3.05, 3.63) is 12.3 Å². The lowest BCUT2D eigenvalue weighted by molar-refractivity contribution is -0.150. The molecule has 2 unspecified atom stereocenters. The van der Waals surface area contributed by atoms with Crippen molar-refractivity contribution in [1.82, 2.24) is 0 Å². The molecule has 0 heterocycles. The van der Waals surface area contributed by atoms with E-state index in [4.69, 9.17) is 9.47 Å². The van der Waals surface area contributed by atoms with Gasteiger partial charge in [0, 0.05) is 19.1 Å². The van der Waals surface area contributed by atoms with Crippen LogP contribution >= 0.6 is 0 Å². The quantitative estimate of drug-likeness (QED) is 0.248. The zero-order valence-electron chi connectivity index (χ0n) is 24.3. The van der Waals surface area contributed by atoms with E-state index >= 15 is 0 Å². The molecular weight excluding hydrogens is 420 g/mol. The Labute approximate surface area is 205 Å². The summed E-state index contributed by atoms with van der Waals surface area (Å²) in [6.45, 7) is 25.0. The van der Waals surface area contributed by atoms with Crippen LogP contribution in [0.5, 0.6) is 0 Å². The van der Waals surface area contributed by atoms with Gasteiger partial charge in [0.1, 0.15) is 0 Å². The number of rotatable bonds is 10. The summed E-state index contributed by atoms with van der Waals surface area (Å²) in [6.07, 6.45) is 3.96. The second-order valence-electron chi connectivity index (χ2n) is 9.39. The second kappa shape index (κ2) is 22.2. The molecule has 0 aliphatic carbocycles. The Hall–Kier alpha value is -1.56. The van der Waals surface area contributed by atoms with Crippen molar-refractivity contribution in [2.24, 2.45) is 22.7 Å². The minimum Gasteiger partial charge on any atom is -0.501 e. The van der Waals surface area contributed by atoms with Gasteiger partial charge in [0.2, 0.25) is 0 Å². The molecule has 6 heteroatoms. The van der Waals surface area contributed by atoms with Crippen molar-refractivity contribution in [2.45, 2.75) is 94.9 Å². The van der Waals surface area contributed by atoms with Crippen molar-refractivity contribution in [1.29, 1.82) is 0 Å². The van der Waals surface area contributed by atoms with Crippen LogP contribution in [-0.4, -0.2) is 47.0 Å². The molecule has 0 aromatic carbocycles. The van der Waals surface area contributed by atoms with Crippen LogP contribution in [-0.2, 0) is 28.5 Å². The molecular formula is C27H56O6. The standard InChI is InChI=1S/C8H16O.C7H14O2.C6H12O2.C6H14O/c1-6-8(3,4)7(2)9-5;1-5-7(2,3)6(8)9-4;1-4-5(2)6(7)8-3;1-4-6(2)5-7-3/h2,6H2,1,3-5H3;5H2,1-4H3;5H,4H2,1-3H3;6H,4-5H2,1-3H3. The Morgan fingerprint density at radius 1 is 0.758 bits per heavy atom. The fraction of sp³-hybridized carbons (Fsp3) is 0.852.